The van der Waals surface area contributed by atoms with Crippen LogP contribution in [0.4, 0.5) is 11.4 Å². The lowest BCUT2D eigenvalue weighted by atomic mass is 10.1. The van der Waals surface area contributed by atoms with Crippen LogP contribution in [0.2, 0.25) is 0 Å². The van der Waals surface area contributed by atoms with Gasteiger partial charge in [0.05, 0.1) is 5.56 Å². The molecule has 5 heteroatoms. The Morgan fingerprint density at radius 2 is 2.39 bits per heavy atom. The molecule has 1 aromatic carbocycles. The predicted molar refractivity (Wildman–Crippen MR) is 78.2 cm³/mol. The molecule has 98 valence electrons. The second-order valence-electron chi connectivity index (χ2n) is 4.37. The summed E-state index contributed by atoms with van der Waals surface area (Å²) in [4.78, 5) is 12.0. The minimum atomic E-state index is -0.0503. The lowest BCUT2D eigenvalue weighted by molar-refractivity contribution is 0.0956. The zero-order chi connectivity index (χ0) is 13.0. The maximum atomic E-state index is 12.0. The quantitative estimate of drug-likeness (QED) is 0.728. The zero-order valence-corrected chi connectivity index (χ0v) is 11.3. The largest absolute Gasteiger partial charge is 0.399 e. The van der Waals surface area contributed by atoms with Crippen LogP contribution in [0.15, 0.2) is 18.2 Å². The van der Waals surface area contributed by atoms with Crippen molar-refractivity contribution in [2.24, 2.45) is 0 Å². The third kappa shape index (κ3) is 3.10. The number of amides is 1. The highest BCUT2D eigenvalue weighted by Crippen LogP contribution is 2.25. The van der Waals surface area contributed by atoms with E-state index in [4.69, 9.17) is 5.73 Å². The average molecular weight is 265 g/mol. The molecular weight excluding hydrogens is 246 g/mol. The van der Waals surface area contributed by atoms with E-state index in [1.54, 1.807) is 12.1 Å². The smallest absolute Gasteiger partial charge is 0.253 e. The Kier molecular flexibility index (Phi) is 4.36. The first-order valence-corrected chi connectivity index (χ1v) is 7.38. The zero-order valence-electron chi connectivity index (χ0n) is 10.5. The topological polar surface area (TPSA) is 67.2 Å². The number of rotatable bonds is 4. The number of benzene rings is 1. The van der Waals surface area contributed by atoms with Crippen molar-refractivity contribution in [2.75, 3.05) is 29.1 Å². The molecule has 0 aromatic heterocycles. The summed E-state index contributed by atoms with van der Waals surface area (Å²) >= 11 is 1.94. The van der Waals surface area contributed by atoms with Crippen molar-refractivity contribution in [1.29, 1.82) is 0 Å². The standard InChI is InChI=1S/C13H19N3OS/c1-2-15-13(17)11-4-3-9(14)7-12(11)16-10-5-6-18-8-10/h3-4,7,10,16H,2,5-6,8,14H2,1H3,(H,15,17). The van der Waals surface area contributed by atoms with Crippen LogP contribution in [-0.4, -0.2) is 30.0 Å². The Morgan fingerprint density at radius 3 is 3.06 bits per heavy atom. The fourth-order valence-electron chi connectivity index (χ4n) is 2.00. The molecule has 1 aliphatic heterocycles. The van der Waals surface area contributed by atoms with Gasteiger partial charge in [-0.2, -0.15) is 11.8 Å². The number of nitrogens with one attached hydrogen (secondary N) is 2. The Hall–Kier alpha value is -1.36. The Morgan fingerprint density at radius 1 is 1.56 bits per heavy atom. The second-order valence-corrected chi connectivity index (χ2v) is 5.52. The molecule has 0 spiro atoms. The van der Waals surface area contributed by atoms with Gasteiger partial charge >= 0.3 is 0 Å². The van der Waals surface area contributed by atoms with Crippen LogP contribution in [0.1, 0.15) is 23.7 Å². The van der Waals surface area contributed by atoms with E-state index in [1.807, 2.05) is 24.8 Å². The molecule has 1 aromatic rings. The number of nitrogen functional groups attached to an aromatic ring is 1. The Bertz CT molecular complexity index is 430. The SMILES string of the molecule is CCNC(=O)c1ccc(N)cc1NC1CCSC1. The predicted octanol–water partition coefficient (Wildman–Crippen LogP) is 1.94. The van der Waals surface area contributed by atoms with Gasteiger partial charge in [0.25, 0.3) is 5.91 Å². The van der Waals surface area contributed by atoms with Crippen LogP contribution in [-0.2, 0) is 0 Å². The van der Waals surface area contributed by atoms with Gasteiger partial charge in [-0.15, -0.1) is 0 Å². The van der Waals surface area contributed by atoms with Crippen LogP contribution >= 0.6 is 11.8 Å². The average Bonchev–Trinajstić information content (AvgIpc) is 2.82. The molecule has 4 nitrogen and oxygen atoms in total. The third-order valence-electron chi connectivity index (χ3n) is 2.91. The highest BCUT2D eigenvalue weighted by molar-refractivity contribution is 7.99. The molecule has 0 aliphatic carbocycles. The van der Waals surface area contributed by atoms with E-state index in [2.05, 4.69) is 10.6 Å². The molecule has 1 atom stereocenters. The second kappa shape index (κ2) is 6.00. The maximum absolute atomic E-state index is 12.0. The van der Waals surface area contributed by atoms with Gasteiger partial charge < -0.3 is 16.4 Å². The van der Waals surface area contributed by atoms with E-state index in [1.165, 1.54) is 5.75 Å². The van der Waals surface area contributed by atoms with Crippen molar-refractivity contribution in [1.82, 2.24) is 5.32 Å². The van der Waals surface area contributed by atoms with E-state index in [9.17, 15) is 4.79 Å². The van der Waals surface area contributed by atoms with Gasteiger partial charge in [-0.1, -0.05) is 0 Å². The van der Waals surface area contributed by atoms with Crippen LogP contribution in [0.25, 0.3) is 0 Å². The molecule has 2 rings (SSSR count). The van der Waals surface area contributed by atoms with Gasteiger partial charge in [0.2, 0.25) is 0 Å². The monoisotopic (exact) mass is 265 g/mol. The number of carbonyl (C=O) groups is 1. The van der Waals surface area contributed by atoms with Gasteiger partial charge in [0.15, 0.2) is 0 Å². The Labute approximate surface area is 112 Å². The van der Waals surface area contributed by atoms with Crippen LogP contribution in [0.3, 0.4) is 0 Å². The normalized spacial score (nSPS) is 18.6. The number of nitrogens with two attached hydrogens (primary N) is 1. The van der Waals surface area contributed by atoms with Crippen molar-refractivity contribution in [2.45, 2.75) is 19.4 Å². The highest BCUT2D eigenvalue weighted by atomic mass is 32.2. The molecule has 1 saturated heterocycles. The fraction of sp³-hybridized carbons (Fsp3) is 0.462. The fourth-order valence-corrected chi connectivity index (χ4v) is 3.16. The van der Waals surface area contributed by atoms with Gasteiger partial charge in [0, 0.05) is 29.7 Å². The maximum Gasteiger partial charge on any atom is 0.253 e. The summed E-state index contributed by atoms with van der Waals surface area (Å²) in [6, 6.07) is 5.82. The molecule has 0 saturated carbocycles. The summed E-state index contributed by atoms with van der Waals surface area (Å²) in [7, 11) is 0. The first kappa shape index (κ1) is 13.1. The number of hydrogen-bond donors (Lipinski definition) is 3. The van der Waals surface area contributed by atoms with Crippen molar-refractivity contribution in [3.8, 4) is 0 Å². The minimum absolute atomic E-state index is 0.0503. The van der Waals surface area contributed by atoms with Gasteiger partial charge in [-0.3, -0.25) is 4.79 Å². The summed E-state index contributed by atoms with van der Waals surface area (Å²) < 4.78 is 0. The molecular formula is C13H19N3OS. The molecule has 0 bridgehead atoms. The summed E-state index contributed by atoms with van der Waals surface area (Å²) in [5, 5.41) is 6.25. The van der Waals surface area contributed by atoms with Gasteiger partial charge in [-0.25, -0.2) is 0 Å². The van der Waals surface area contributed by atoms with Crippen molar-refractivity contribution >= 4 is 29.0 Å². The number of anilines is 2. The van der Waals surface area contributed by atoms with Crippen LogP contribution in [0, 0.1) is 0 Å². The van der Waals surface area contributed by atoms with Gasteiger partial charge in [0.1, 0.15) is 0 Å². The van der Waals surface area contributed by atoms with Gasteiger partial charge in [-0.05, 0) is 37.3 Å². The summed E-state index contributed by atoms with van der Waals surface area (Å²) in [5.74, 6) is 2.21. The van der Waals surface area contributed by atoms with Crippen LogP contribution < -0.4 is 16.4 Å². The number of thioether (sulfide) groups is 1. The summed E-state index contributed by atoms with van der Waals surface area (Å²) in [6.45, 7) is 2.54. The summed E-state index contributed by atoms with van der Waals surface area (Å²) in [6.07, 6.45) is 1.13. The van der Waals surface area contributed by atoms with Crippen LogP contribution in [0.5, 0.6) is 0 Å². The van der Waals surface area contributed by atoms with Crippen molar-refractivity contribution in [3.63, 3.8) is 0 Å². The molecule has 1 aliphatic rings. The summed E-state index contributed by atoms with van der Waals surface area (Å²) in [5.41, 5.74) is 7.99. The highest BCUT2D eigenvalue weighted by Gasteiger charge is 2.18. The lowest BCUT2D eigenvalue weighted by Gasteiger charge is -2.17. The van der Waals surface area contributed by atoms with E-state index in [0.717, 1.165) is 17.9 Å². The molecule has 0 radical (unpaired) electrons. The van der Waals surface area contributed by atoms with E-state index in [0.29, 0.717) is 23.8 Å². The van der Waals surface area contributed by atoms with Crippen molar-refractivity contribution in [3.05, 3.63) is 23.8 Å². The molecule has 4 N–H and O–H groups in total. The minimum Gasteiger partial charge on any atom is -0.399 e. The lowest BCUT2D eigenvalue weighted by Crippen LogP contribution is -2.26. The molecule has 1 amide bonds. The molecule has 18 heavy (non-hydrogen) atoms. The molecule has 1 unspecified atom stereocenters. The number of carbonyl (C=O) groups excluding carboxylic acids is 1. The Balaban J connectivity index is 2.19. The van der Waals surface area contributed by atoms with E-state index >= 15 is 0 Å². The molecule has 1 fully saturated rings. The molecule has 1 heterocycles. The first-order valence-electron chi connectivity index (χ1n) is 6.22. The van der Waals surface area contributed by atoms with Crippen molar-refractivity contribution < 1.29 is 4.79 Å². The first-order chi connectivity index (χ1) is 8.70. The number of hydrogen-bond acceptors (Lipinski definition) is 4. The van der Waals surface area contributed by atoms with E-state index < -0.39 is 0 Å². The third-order valence-corrected chi connectivity index (χ3v) is 4.08. The van der Waals surface area contributed by atoms with E-state index in [-0.39, 0.29) is 5.91 Å².